The third kappa shape index (κ3) is 4.23. The van der Waals surface area contributed by atoms with Gasteiger partial charge in [0.25, 0.3) is 0 Å². The van der Waals surface area contributed by atoms with E-state index in [-0.39, 0.29) is 18.1 Å². The van der Waals surface area contributed by atoms with Crippen molar-refractivity contribution < 1.29 is 9.90 Å². The molecule has 0 fully saturated rings. The zero-order valence-electron chi connectivity index (χ0n) is 13.0. The summed E-state index contributed by atoms with van der Waals surface area (Å²) < 4.78 is 1.80. The normalized spacial score (nSPS) is 14.2. The average Bonchev–Trinajstić information content (AvgIpc) is 2.82. The quantitative estimate of drug-likeness (QED) is 0.842. The SMILES string of the molecule is CCC(C)n1nccc1NC(=O)N(CC(C)O)C(C)C. The number of nitrogens with zero attached hydrogens (tertiary/aromatic N) is 3. The molecule has 1 aromatic heterocycles. The number of hydrogen-bond acceptors (Lipinski definition) is 3. The Balaban J connectivity index is 2.81. The van der Waals surface area contributed by atoms with E-state index >= 15 is 0 Å². The molecule has 0 radical (unpaired) electrons. The number of nitrogens with one attached hydrogen (secondary N) is 1. The number of carbonyl (C=O) groups excluding carboxylic acids is 1. The number of anilines is 1. The van der Waals surface area contributed by atoms with Crippen molar-refractivity contribution in [2.24, 2.45) is 0 Å². The summed E-state index contributed by atoms with van der Waals surface area (Å²) in [6.45, 7) is 9.96. The zero-order valence-corrected chi connectivity index (χ0v) is 13.0. The van der Waals surface area contributed by atoms with Gasteiger partial charge < -0.3 is 10.0 Å². The number of aromatic nitrogens is 2. The van der Waals surface area contributed by atoms with Crippen molar-refractivity contribution in [1.29, 1.82) is 0 Å². The van der Waals surface area contributed by atoms with Crippen molar-refractivity contribution in [3.63, 3.8) is 0 Å². The van der Waals surface area contributed by atoms with Crippen LogP contribution in [-0.4, -0.2) is 44.5 Å². The Morgan fingerprint density at radius 1 is 1.45 bits per heavy atom. The summed E-state index contributed by atoms with van der Waals surface area (Å²) in [4.78, 5) is 13.9. The zero-order chi connectivity index (χ0) is 15.3. The Hall–Kier alpha value is -1.56. The summed E-state index contributed by atoms with van der Waals surface area (Å²) in [5.41, 5.74) is 0. The maximum absolute atomic E-state index is 12.3. The molecule has 1 aromatic rings. The number of carbonyl (C=O) groups is 1. The first-order valence-corrected chi connectivity index (χ1v) is 7.16. The Kier molecular flexibility index (Phi) is 6.01. The number of urea groups is 1. The minimum absolute atomic E-state index is 0.0181. The molecule has 0 aromatic carbocycles. The third-order valence-corrected chi connectivity index (χ3v) is 3.26. The van der Waals surface area contributed by atoms with Gasteiger partial charge in [0.15, 0.2) is 0 Å². The van der Waals surface area contributed by atoms with E-state index in [0.29, 0.717) is 12.4 Å². The van der Waals surface area contributed by atoms with E-state index in [0.717, 1.165) is 6.42 Å². The van der Waals surface area contributed by atoms with Crippen molar-refractivity contribution in [3.05, 3.63) is 12.3 Å². The fraction of sp³-hybridized carbons (Fsp3) is 0.714. The molecule has 114 valence electrons. The summed E-state index contributed by atoms with van der Waals surface area (Å²) in [5.74, 6) is 0.681. The molecule has 6 heteroatoms. The second-order valence-electron chi connectivity index (χ2n) is 5.44. The Bertz CT molecular complexity index is 429. The van der Waals surface area contributed by atoms with Crippen molar-refractivity contribution in [1.82, 2.24) is 14.7 Å². The molecule has 20 heavy (non-hydrogen) atoms. The van der Waals surface area contributed by atoms with Gasteiger partial charge in [-0.15, -0.1) is 0 Å². The lowest BCUT2D eigenvalue weighted by Crippen LogP contribution is -2.44. The number of hydrogen-bond donors (Lipinski definition) is 2. The lowest BCUT2D eigenvalue weighted by Gasteiger charge is -2.28. The average molecular weight is 282 g/mol. The fourth-order valence-corrected chi connectivity index (χ4v) is 1.93. The lowest BCUT2D eigenvalue weighted by atomic mass is 10.2. The van der Waals surface area contributed by atoms with Gasteiger partial charge in [-0.2, -0.15) is 5.10 Å². The topological polar surface area (TPSA) is 70.4 Å². The molecule has 0 aliphatic rings. The Morgan fingerprint density at radius 2 is 2.10 bits per heavy atom. The largest absolute Gasteiger partial charge is 0.392 e. The van der Waals surface area contributed by atoms with Crippen molar-refractivity contribution >= 4 is 11.8 Å². The van der Waals surface area contributed by atoms with Crippen LogP contribution in [0.15, 0.2) is 12.3 Å². The van der Waals surface area contributed by atoms with E-state index in [1.54, 1.807) is 28.8 Å². The van der Waals surface area contributed by atoms with Crippen LogP contribution in [0.3, 0.4) is 0 Å². The highest BCUT2D eigenvalue weighted by Crippen LogP contribution is 2.17. The molecule has 0 spiro atoms. The highest BCUT2D eigenvalue weighted by molar-refractivity contribution is 5.88. The van der Waals surface area contributed by atoms with Gasteiger partial charge in [-0.05, 0) is 34.1 Å². The highest BCUT2D eigenvalue weighted by Gasteiger charge is 2.20. The number of rotatable bonds is 6. The van der Waals surface area contributed by atoms with E-state index in [9.17, 15) is 9.90 Å². The van der Waals surface area contributed by atoms with E-state index in [4.69, 9.17) is 0 Å². The van der Waals surface area contributed by atoms with Gasteiger partial charge in [-0.1, -0.05) is 6.92 Å². The van der Waals surface area contributed by atoms with Crippen LogP contribution in [0.2, 0.25) is 0 Å². The maximum atomic E-state index is 12.3. The molecule has 1 rings (SSSR count). The van der Waals surface area contributed by atoms with Crippen LogP contribution in [0.25, 0.3) is 0 Å². The molecule has 2 amide bonds. The molecule has 0 bridgehead atoms. The van der Waals surface area contributed by atoms with Gasteiger partial charge >= 0.3 is 6.03 Å². The standard InChI is InChI=1S/C14H26N4O2/c1-6-11(4)18-13(7-8-15-18)16-14(20)17(10(2)3)9-12(5)19/h7-8,10-12,19H,6,9H2,1-5H3,(H,16,20). The number of aliphatic hydroxyl groups excluding tert-OH is 1. The molecular formula is C14H26N4O2. The predicted octanol–water partition coefficient (Wildman–Crippen LogP) is 2.48. The lowest BCUT2D eigenvalue weighted by molar-refractivity contribution is 0.125. The first kappa shape index (κ1) is 16.5. The fourth-order valence-electron chi connectivity index (χ4n) is 1.93. The van der Waals surface area contributed by atoms with Gasteiger partial charge in [-0.25, -0.2) is 9.48 Å². The smallest absolute Gasteiger partial charge is 0.323 e. The Morgan fingerprint density at radius 3 is 2.60 bits per heavy atom. The monoisotopic (exact) mass is 282 g/mol. The molecule has 0 aliphatic heterocycles. The molecule has 0 saturated carbocycles. The van der Waals surface area contributed by atoms with Crippen molar-refractivity contribution in [3.8, 4) is 0 Å². The molecule has 6 nitrogen and oxygen atoms in total. The molecular weight excluding hydrogens is 256 g/mol. The van der Waals surface area contributed by atoms with Crippen molar-refractivity contribution in [2.75, 3.05) is 11.9 Å². The summed E-state index contributed by atoms with van der Waals surface area (Å²) in [7, 11) is 0. The van der Waals surface area contributed by atoms with E-state index in [2.05, 4.69) is 24.3 Å². The van der Waals surface area contributed by atoms with Gasteiger partial charge in [0.2, 0.25) is 0 Å². The summed E-state index contributed by atoms with van der Waals surface area (Å²) in [5, 5.41) is 16.6. The minimum atomic E-state index is -0.553. The van der Waals surface area contributed by atoms with Crippen LogP contribution in [0.1, 0.15) is 47.1 Å². The number of amides is 2. The molecule has 2 atom stereocenters. The Labute approximate surface area is 120 Å². The van der Waals surface area contributed by atoms with Gasteiger partial charge in [-0.3, -0.25) is 5.32 Å². The molecule has 0 saturated heterocycles. The van der Waals surface area contributed by atoms with Crippen LogP contribution in [0.4, 0.5) is 10.6 Å². The number of aliphatic hydroxyl groups is 1. The first-order chi connectivity index (χ1) is 9.36. The molecule has 1 heterocycles. The van der Waals surface area contributed by atoms with Crippen LogP contribution in [0.5, 0.6) is 0 Å². The van der Waals surface area contributed by atoms with E-state index in [1.807, 2.05) is 13.8 Å². The van der Waals surface area contributed by atoms with E-state index < -0.39 is 6.10 Å². The van der Waals surface area contributed by atoms with Crippen LogP contribution in [0, 0.1) is 0 Å². The maximum Gasteiger partial charge on any atom is 0.323 e. The molecule has 0 aliphatic carbocycles. The second-order valence-corrected chi connectivity index (χ2v) is 5.44. The van der Waals surface area contributed by atoms with E-state index in [1.165, 1.54) is 0 Å². The van der Waals surface area contributed by atoms with Crippen LogP contribution < -0.4 is 5.32 Å². The highest BCUT2D eigenvalue weighted by atomic mass is 16.3. The van der Waals surface area contributed by atoms with Crippen molar-refractivity contribution in [2.45, 2.75) is 59.2 Å². The van der Waals surface area contributed by atoms with Crippen LogP contribution in [-0.2, 0) is 0 Å². The van der Waals surface area contributed by atoms with Gasteiger partial charge in [0, 0.05) is 18.7 Å². The van der Waals surface area contributed by atoms with Crippen LogP contribution >= 0.6 is 0 Å². The molecule has 2 N–H and O–H groups in total. The predicted molar refractivity (Wildman–Crippen MR) is 79.8 cm³/mol. The second kappa shape index (κ2) is 7.28. The summed E-state index contributed by atoms with van der Waals surface area (Å²) in [6, 6.07) is 1.81. The third-order valence-electron chi connectivity index (χ3n) is 3.26. The van der Waals surface area contributed by atoms with Gasteiger partial charge in [0.1, 0.15) is 5.82 Å². The first-order valence-electron chi connectivity index (χ1n) is 7.16. The minimum Gasteiger partial charge on any atom is -0.392 e. The summed E-state index contributed by atoms with van der Waals surface area (Å²) >= 11 is 0. The summed E-state index contributed by atoms with van der Waals surface area (Å²) in [6.07, 6.45) is 2.06. The molecule has 2 unspecified atom stereocenters. The van der Waals surface area contributed by atoms with Gasteiger partial charge in [0.05, 0.1) is 18.3 Å².